The summed E-state index contributed by atoms with van der Waals surface area (Å²) in [6.45, 7) is 0. The molecule has 6 heteroatoms. The zero-order valence-electron chi connectivity index (χ0n) is 10.5. The van der Waals surface area contributed by atoms with E-state index in [0.29, 0.717) is 11.4 Å². The molecule has 0 saturated heterocycles. The fraction of sp³-hybridized carbons (Fsp3) is 0.0714. The van der Waals surface area contributed by atoms with E-state index in [0.717, 1.165) is 3.94 Å². The van der Waals surface area contributed by atoms with E-state index in [9.17, 15) is 4.79 Å². The number of ether oxygens (including phenoxy) is 2. The number of nitrogens with zero attached hydrogens (tertiary/aromatic N) is 1. The summed E-state index contributed by atoms with van der Waals surface area (Å²) in [6.07, 6.45) is 0. The Kier molecular flexibility index (Phi) is 4.71. The van der Waals surface area contributed by atoms with Gasteiger partial charge in [0.1, 0.15) is 17.0 Å². The monoisotopic (exact) mass is 311 g/mol. The summed E-state index contributed by atoms with van der Waals surface area (Å²) in [5.41, 5.74) is 0.584. The Hall–Kier alpha value is -1.91. The van der Waals surface area contributed by atoms with Gasteiger partial charge >= 0.3 is 5.97 Å². The molecule has 0 aliphatic carbocycles. The van der Waals surface area contributed by atoms with E-state index in [1.807, 2.05) is 18.2 Å². The van der Waals surface area contributed by atoms with Crippen LogP contribution in [0.5, 0.6) is 11.5 Å². The highest BCUT2D eigenvalue weighted by Crippen LogP contribution is 2.37. The summed E-state index contributed by atoms with van der Waals surface area (Å²) in [4.78, 5) is 11.8. The molecule has 0 spiro atoms. The summed E-state index contributed by atoms with van der Waals surface area (Å²) in [7, 11) is 1.29. The molecule has 0 aliphatic heterocycles. The van der Waals surface area contributed by atoms with Crippen LogP contribution in [0.15, 0.2) is 48.5 Å². The molecular formula is C14H11Cl2NO3. The van der Waals surface area contributed by atoms with Crippen molar-refractivity contribution >= 4 is 35.2 Å². The van der Waals surface area contributed by atoms with Crippen LogP contribution in [0.25, 0.3) is 0 Å². The molecule has 104 valence electrons. The van der Waals surface area contributed by atoms with E-state index in [2.05, 4.69) is 0 Å². The molecule has 0 saturated carbocycles. The van der Waals surface area contributed by atoms with Gasteiger partial charge in [-0.25, -0.2) is 4.79 Å². The Labute approximate surface area is 126 Å². The molecule has 0 fully saturated rings. The van der Waals surface area contributed by atoms with Crippen LogP contribution in [-0.4, -0.2) is 13.1 Å². The maximum atomic E-state index is 11.8. The number of esters is 1. The number of hydrogen-bond donors (Lipinski definition) is 0. The molecule has 0 bridgehead atoms. The average molecular weight is 312 g/mol. The van der Waals surface area contributed by atoms with E-state index >= 15 is 0 Å². The predicted octanol–water partition coefficient (Wildman–Crippen LogP) is 4.38. The van der Waals surface area contributed by atoms with Crippen LogP contribution in [-0.2, 0) is 4.74 Å². The van der Waals surface area contributed by atoms with Crippen LogP contribution < -0.4 is 8.67 Å². The Morgan fingerprint density at radius 2 is 1.75 bits per heavy atom. The van der Waals surface area contributed by atoms with Crippen molar-refractivity contribution in [1.82, 2.24) is 0 Å². The Bertz CT molecular complexity index is 603. The van der Waals surface area contributed by atoms with Gasteiger partial charge in [-0.1, -0.05) is 24.3 Å². The lowest BCUT2D eigenvalue weighted by Gasteiger charge is -2.16. The first-order chi connectivity index (χ1) is 9.63. The summed E-state index contributed by atoms with van der Waals surface area (Å²) in [6, 6.07) is 13.8. The van der Waals surface area contributed by atoms with E-state index < -0.39 is 5.97 Å². The number of halogens is 2. The molecule has 0 N–H and O–H groups in total. The van der Waals surface area contributed by atoms with Crippen molar-refractivity contribution in [2.24, 2.45) is 0 Å². The standard InChI is InChI=1S/C14H11Cl2NO3/c1-19-14(18)11-8-5-9-12(17(15)16)13(11)20-10-6-3-2-4-7-10/h2-9H,1H3. The van der Waals surface area contributed by atoms with Gasteiger partial charge in [0.25, 0.3) is 0 Å². The number of anilines is 1. The van der Waals surface area contributed by atoms with Gasteiger partial charge in [-0.05, 0) is 24.3 Å². The highest BCUT2D eigenvalue weighted by molar-refractivity contribution is 6.49. The molecule has 0 radical (unpaired) electrons. The number of methoxy groups -OCH3 is 1. The van der Waals surface area contributed by atoms with Gasteiger partial charge in [0, 0.05) is 23.6 Å². The fourth-order valence-electron chi connectivity index (χ4n) is 1.64. The number of rotatable bonds is 4. The molecule has 2 aromatic rings. The normalized spacial score (nSPS) is 9.95. The van der Waals surface area contributed by atoms with Crippen molar-refractivity contribution in [3.05, 3.63) is 54.1 Å². The molecule has 0 atom stereocenters. The molecule has 0 unspecified atom stereocenters. The minimum Gasteiger partial charge on any atom is -0.465 e. The molecule has 0 amide bonds. The van der Waals surface area contributed by atoms with Gasteiger partial charge in [-0.2, -0.15) is 3.94 Å². The number of para-hydroxylation sites is 2. The molecule has 4 nitrogen and oxygen atoms in total. The van der Waals surface area contributed by atoms with Crippen molar-refractivity contribution in [3.8, 4) is 11.5 Å². The number of carbonyl (C=O) groups is 1. The Balaban J connectivity index is 2.49. The van der Waals surface area contributed by atoms with Crippen LogP contribution in [0.2, 0.25) is 0 Å². The lowest BCUT2D eigenvalue weighted by Crippen LogP contribution is -2.06. The van der Waals surface area contributed by atoms with Crippen molar-refractivity contribution in [2.45, 2.75) is 0 Å². The van der Waals surface area contributed by atoms with Crippen LogP contribution in [0.1, 0.15) is 10.4 Å². The Morgan fingerprint density at radius 3 is 2.35 bits per heavy atom. The molecule has 0 heterocycles. The third-order valence-electron chi connectivity index (χ3n) is 2.54. The topological polar surface area (TPSA) is 38.8 Å². The van der Waals surface area contributed by atoms with Crippen LogP contribution >= 0.6 is 23.6 Å². The second kappa shape index (κ2) is 6.50. The molecule has 0 aromatic heterocycles. The summed E-state index contributed by atoms with van der Waals surface area (Å²) < 4.78 is 11.3. The molecule has 2 aromatic carbocycles. The van der Waals surface area contributed by atoms with E-state index in [-0.39, 0.29) is 11.3 Å². The molecule has 20 heavy (non-hydrogen) atoms. The quantitative estimate of drug-likeness (QED) is 0.620. The van der Waals surface area contributed by atoms with Gasteiger partial charge in [-0.3, -0.25) is 0 Å². The van der Waals surface area contributed by atoms with Crippen molar-refractivity contribution in [2.75, 3.05) is 11.0 Å². The summed E-state index contributed by atoms with van der Waals surface area (Å²) in [5, 5.41) is 0. The zero-order chi connectivity index (χ0) is 14.5. The fourth-order valence-corrected chi connectivity index (χ4v) is 1.91. The lowest BCUT2D eigenvalue weighted by molar-refractivity contribution is 0.0598. The molecule has 0 aliphatic rings. The maximum absolute atomic E-state index is 11.8. The largest absolute Gasteiger partial charge is 0.465 e. The van der Waals surface area contributed by atoms with Gasteiger partial charge in [-0.15, -0.1) is 0 Å². The van der Waals surface area contributed by atoms with E-state index in [1.165, 1.54) is 7.11 Å². The third-order valence-corrected chi connectivity index (χ3v) is 2.91. The second-order valence-electron chi connectivity index (χ2n) is 3.79. The minimum atomic E-state index is -0.534. The van der Waals surface area contributed by atoms with Crippen LogP contribution in [0.3, 0.4) is 0 Å². The highest BCUT2D eigenvalue weighted by Gasteiger charge is 2.20. The lowest BCUT2D eigenvalue weighted by atomic mass is 10.1. The highest BCUT2D eigenvalue weighted by atomic mass is 35.5. The zero-order valence-corrected chi connectivity index (χ0v) is 12.1. The average Bonchev–Trinajstić information content (AvgIpc) is 2.47. The molecule has 2 rings (SSSR count). The number of benzene rings is 2. The van der Waals surface area contributed by atoms with Crippen LogP contribution in [0.4, 0.5) is 5.69 Å². The first-order valence-electron chi connectivity index (χ1n) is 5.69. The van der Waals surface area contributed by atoms with Gasteiger partial charge in [0.2, 0.25) is 0 Å². The molecular weight excluding hydrogens is 301 g/mol. The smallest absolute Gasteiger partial charge is 0.341 e. The van der Waals surface area contributed by atoms with Gasteiger partial charge in [0.05, 0.1) is 7.11 Å². The van der Waals surface area contributed by atoms with Crippen LogP contribution in [0, 0.1) is 0 Å². The van der Waals surface area contributed by atoms with E-state index in [4.69, 9.17) is 33.0 Å². The van der Waals surface area contributed by atoms with Gasteiger partial charge < -0.3 is 9.47 Å². The van der Waals surface area contributed by atoms with E-state index in [1.54, 1.807) is 30.3 Å². The Morgan fingerprint density at radius 1 is 1.05 bits per heavy atom. The SMILES string of the molecule is COC(=O)c1cccc(N(Cl)Cl)c1Oc1ccccc1. The first kappa shape index (κ1) is 14.5. The number of carbonyl (C=O) groups excluding carboxylic acids is 1. The second-order valence-corrected chi connectivity index (χ2v) is 4.64. The summed E-state index contributed by atoms with van der Waals surface area (Å²) >= 11 is 11.5. The van der Waals surface area contributed by atoms with Crippen molar-refractivity contribution < 1.29 is 14.3 Å². The maximum Gasteiger partial charge on any atom is 0.341 e. The van der Waals surface area contributed by atoms with Crippen molar-refractivity contribution in [3.63, 3.8) is 0 Å². The number of hydrogen-bond acceptors (Lipinski definition) is 4. The third kappa shape index (κ3) is 3.15. The van der Waals surface area contributed by atoms with Gasteiger partial charge in [0.15, 0.2) is 5.75 Å². The van der Waals surface area contributed by atoms with Crippen molar-refractivity contribution in [1.29, 1.82) is 0 Å². The minimum absolute atomic E-state index is 0.232. The summed E-state index contributed by atoms with van der Waals surface area (Å²) in [5.74, 6) is 0.254. The first-order valence-corrected chi connectivity index (χ1v) is 6.37. The predicted molar refractivity (Wildman–Crippen MR) is 78.5 cm³/mol.